The number of fused-ring (bicyclic) bond motifs is 1. The number of anilines is 1. The van der Waals surface area contributed by atoms with Gasteiger partial charge in [0, 0.05) is 0 Å². The minimum absolute atomic E-state index is 0.115. The second-order valence-electron chi connectivity index (χ2n) is 4.68. The number of aliphatic hydroxyl groups excluding tert-OH is 3. The number of rotatable bonds is 2. The quantitative estimate of drug-likeness (QED) is 0.332. The van der Waals surface area contributed by atoms with Crippen LogP contribution in [0.25, 0.3) is 11.2 Å². The smallest absolute Gasteiger partial charge is 0.330 e. The fraction of sp³-hybridized carbons (Fsp3) is 0.500. The van der Waals surface area contributed by atoms with Crippen molar-refractivity contribution in [2.24, 2.45) is 0 Å². The second-order valence-corrected chi connectivity index (χ2v) is 4.68. The molecule has 0 aromatic carbocycles. The molecule has 21 heavy (non-hydrogen) atoms. The van der Waals surface area contributed by atoms with Crippen molar-refractivity contribution in [3.8, 4) is 0 Å². The molecule has 11 nitrogen and oxygen atoms in total. The van der Waals surface area contributed by atoms with Gasteiger partial charge in [-0.2, -0.15) is 4.98 Å². The van der Waals surface area contributed by atoms with E-state index in [-0.39, 0.29) is 17.1 Å². The molecule has 0 saturated carbocycles. The van der Waals surface area contributed by atoms with Gasteiger partial charge in [-0.15, -0.1) is 0 Å². The molecule has 4 unspecified atom stereocenters. The molecule has 2 aromatic heterocycles. The van der Waals surface area contributed by atoms with Crippen molar-refractivity contribution in [1.29, 1.82) is 0 Å². The molecule has 0 amide bonds. The summed E-state index contributed by atoms with van der Waals surface area (Å²) in [4.78, 5) is 32.0. The summed E-state index contributed by atoms with van der Waals surface area (Å²) in [5, 5.41) is 28.7. The highest BCUT2D eigenvalue weighted by Crippen LogP contribution is 2.29. The van der Waals surface area contributed by atoms with Crippen LogP contribution in [0.2, 0.25) is 0 Å². The maximum absolute atomic E-state index is 12.0. The molecule has 2 aromatic rings. The van der Waals surface area contributed by atoms with E-state index in [9.17, 15) is 19.8 Å². The van der Waals surface area contributed by atoms with Crippen LogP contribution in [0.3, 0.4) is 0 Å². The number of hydrogen-bond acceptors (Lipinski definition) is 8. The van der Waals surface area contributed by atoms with E-state index in [1.807, 2.05) is 0 Å². The van der Waals surface area contributed by atoms with Crippen molar-refractivity contribution in [2.45, 2.75) is 24.5 Å². The molecular weight excluding hydrogens is 286 g/mol. The molecule has 7 N–H and O–H groups in total. The van der Waals surface area contributed by atoms with E-state index in [4.69, 9.17) is 15.6 Å². The maximum atomic E-state index is 12.0. The normalized spacial score (nSPS) is 29.3. The van der Waals surface area contributed by atoms with E-state index < -0.39 is 42.4 Å². The van der Waals surface area contributed by atoms with Gasteiger partial charge in [-0.25, -0.2) is 9.36 Å². The Labute approximate surface area is 115 Å². The Hall–Kier alpha value is -2.21. The van der Waals surface area contributed by atoms with Crippen LogP contribution in [0.5, 0.6) is 0 Å². The van der Waals surface area contributed by atoms with Gasteiger partial charge >= 0.3 is 5.69 Å². The summed E-state index contributed by atoms with van der Waals surface area (Å²) in [5.74, 6) is -0.216. The lowest BCUT2D eigenvalue weighted by molar-refractivity contribution is -0.0524. The van der Waals surface area contributed by atoms with E-state index in [1.54, 1.807) is 0 Å². The van der Waals surface area contributed by atoms with E-state index >= 15 is 0 Å². The minimum Gasteiger partial charge on any atom is -0.394 e. The van der Waals surface area contributed by atoms with Gasteiger partial charge in [0.15, 0.2) is 17.4 Å². The number of nitrogens with zero attached hydrogens (tertiary/aromatic N) is 2. The van der Waals surface area contributed by atoms with Crippen molar-refractivity contribution < 1.29 is 20.1 Å². The first kappa shape index (κ1) is 13.8. The molecule has 4 atom stereocenters. The van der Waals surface area contributed by atoms with Gasteiger partial charge in [-0.1, -0.05) is 0 Å². The van der Waals surface area contributed by atoms with Crippen molar-refractivity contribution >= 4 is 17.1 Å². The summed E-state index contributed by atoms with van der Waals surface area (Å²) in [7, 11) is 0. The molecule has 11 heteroatoms. The molecule has 1 saturated heterocycles. The SMILES string of the molecule is Nc1nc2c([nH]c(=O)n2C2OC(CO)C(O)C2O)c(=O)[nH]1. The predicted octanol–water partition coefficient (Wildman–Crippen LogP) is -3.39. The molecule has 114 valence electrons. The number of hydrogen-bond donors (Lipinski definition) is 6. The molecule has 0 aliphatic carbocycles. The fourth-order valence-corrected chi connectivity index (χ4v) is 2.36. The van der Waals surface area contributed by atoms with Gasteiger partial charge in [0.1, 0.15) is 18.3 Å². The van der Waals surface area contributed by atoms with Gasteiger partial charge in [0.05, 0.1) is 6.61 Å². The lowest BCUT2D eigenvalue weighted by Gasteiger charge is -2.15. The van der Waals surface area contributed by atoms with Gasteiger partial charge < -0.3 is 25.8 Å². The zero-order valence-electron chi connectivity index (χ0n) is 10.6. The van der Waals surface area contributed by atoms with E-state index in [0.717, 1.165) is 4.57 Å². The van der Waals surface area contributed by atoms with Crippen molar-refractivity contribution in [1.82, 2.24) is 19.5 Å². The van der Waals surface area contributed by atoms with Gasteiger partial charge in [0.2, 0.25) is 5.95 Å². The van der Waals surface area contributed by atoms with Gasteiger partial charge in [-0.05, 0) is 0 Å². The third-order valence-electron chi connectivity index (χ3n) is 3.37. The van der Waals surface area contributed by atoms with Crippen LogP contribution in [0, 0.1) is 0 Å². The number of nitrogens with two attached hydrogens (primary N) is 1. The fourth-order valence-electron chi connectivity index (χ4n) is 2.36. The summed E-state index contributed by atoms with van der Waals surface area (Å²) in [6.45, 7) is -0.540. The Morgan fingerprint density at radius 2 is 2.00 bits per heavy atom. The minimum atomic E-state index is -1.47. The van der Waals surface area contributed by atoms with Crippen LogP contribution >= 0.6 is 0 Å². The summed E-state index contributed by atoms with van der Waals surface area (Å²) < 4.78 is 6.13. The molecular formula is C10H13N5O6. The highest BCUT2D eigenvalue weighted by molar-refractivity contribution is 5.70. The molecule has 3 heterocycles. The third-order valence-corrected chi connectivity index (χ3v) is 3.37. The lowest BCUT2D eigenvalue weighted by atomic mass is 10.1. The standard InChI is InChI=1S/C10H13N5O6/c11-9-13-6-3(7(19)14-9)12-10(20)15(6)8-5(18)4(17)2(1-16)21-8/h2,4-5,8,16-18H,1H2,(H,12,20)(H3,11,13,14,19). The summed E-state index contributed by atoms with van der Waals surface area (Å²) >= 11 is 0. The monoisotopic (exact) mass is 299 g/mol. The maximum Gasteiger partial charge on any atom is 0.330 e. The van der Waals surface area contributed by atoms with Crippen LogP contribution in [-0.4, -0.2) is 59.8 Å². The molecule has 0 radical (unpaired) electrons. The zero-order valence-corrected chi connectivity index (χ0v) is 10.6. The number of ether oxygens (including phenoxy) is 1. The van der Waals surface area contributed by atoms with Crippen LogP contribution in [0.1, 0.15) is 6.23 Å². The van der Waals surface area contributed by atoms with Crippen molar-refractivity contribution in [3.63, 3.8) is 0 Å². The predicted molar refractivity (Wildman–Crippen MR) is 68.4 cm³/mol. The Morgan fingerprint density at radius 3 is 2.62 bits per heavy atom. The summed E-state index contributed by atoms with van der Waals surface area (Å²) in [6, 6.07) is 0. The Morgan fingerprint density at radius 1 is 1.29 bits per heavy atom. The number of imidazole rings is 1. The van der Waals surface area contributed by atoms with Crippen LogP contribution < -0.4 is 17.0 Å². The van der Waals surface area contributed by atoms with Crippen LogP contribution in [0.4, 0.5) is 5.95 Å². The molecule has 1 aliphatic rings. The molecule has 0 bridgehead atoms. The van der Waals surface area contributed by atoms with E-state index in [0.29, 0.717) is 0 Å². The number of nitrogen functional groups attached to an aromatic ring is 1. The number of nitrogens with one attached hydrogen (secondary N) is 2. The number of aliphatic hydroxyl groups is 3. The lowest BCUT2D eigenvalue weighted by Crippen LogP contribution is -2.35. The van der Waals surface area contributed by atoms with Crippen molar-refractivity contribution in [3.05, 3.63) is 20.8 Å². The highest BCUT2D eigenvalue weighted by atomic mass is 16.6. The second kappa shape index (κ2) is 4.66. The largest absolute Gasteiger partial charge is 0.394 e. The van der Waals surface area contributed by atoms with Crippen molar-refractivity contribution in [2.75, 3.05) is 12.3 Å². The first-order chi connectivity index (χ1) is 9.93. The van der Waals surface area contributed by atoms with Crippen LogP contribution in [0.15, 0.2) is 9.59 Å². The first-order valence-corrected chi connectivity index (χ1v) is 6.06. The summed E-state index contributed by atoms with van der Waals surface area (Å²) in [5.41, 5.74) is 3.77. The van der Waals surface area contributed by atoms with E-state index in [2.05, 4.69) is 15.0 Å². The zero-order chi connectivity index (χ0) is 15.3. The van der Waals surface area contributed by atoms with Gasteiger partial charge in [-0.3, -0.25) is 14.8 Å². The van der Waals surface area contributed by atoms with Crippen LogP contribution in [-0.2, 0) is 4.74 Å². The third kappa shape index (κ3) is 1.94. The molecule has 1 fully saturated rings. The number of aromatic nitrogens is 4. The Balaban J connectivity index is 2.20. The first-order valence-electron chi connectivity index (χ1n) is 6.06. The Bertz CT molecular complexity index is 793. The van der Waals surface area contributed by atoms with E-state index in [1.165, 1.54) is 0 Å². The topological polar surface area (TPSA) is 179 Å². The average Bonchev–Trinajstić information content (AvgIpc) is 2.89. The molecule has 1 aliphatic heterocycles. The molecule has 3 rings (SSSR count). The van der Waals surface area contributed by atoms with Gasteiger partial charge in [0.25, 0.3) is 5.56 Å². The Kier molecular flexibility index (Phi) is 3.06. The average molecular weight is 299 g/mol. The highest BCUT2D eigenvalue weighted by Gasteiger charge is 2.44. The number of H-pyrrole nitrogens is 2. The molecule has 0 spiro atoms. The number of aromatic amines is 2. The summed E-state index contributed by atoms with van der Waals surface area (Å²) in [6.07, 6.45) is -5.20.